The normalized spacial score (nSPS) is 16.0. The van der Waals surface area contributed by atoms with E-state index in [0.29, 0.717) is 13.2 Å². The summed E-state index contributed by atoms with van der Waals surface area (Å²) in [4.78, 5) is 19.6. The molecule has 0 spiro atoms. The second-order valence-electron chi connectivity index (χ2n) is 6.25. The molecule has 0 aliphatic heterocycles. The monoisotopic (exact) mass is 340 g/mol. The number of nitrogens with one attached hydrogen (secondary N) is 1. The molecule has 2 N–H and O–H groups in total. The number of hydrogen-bond donors (Lipinski definition) is 2. The zero-order chi connectivity index (χ0) is 17.5. The second kappa shape index (κ2) is 8.76. The summed E-state index contributed by atoms with van der Waals surface area (Å²) in [6.45, 7) is 1.02. The van der Waals surface area contributed by atoms with Gasteiger partial charge < -0.3 is 5.11 Å². The predicted octanol–water partition coefficient (Wildman–Crippen LogP) is 2.22. The standard InChI is InChI=1S/C20H24N2O3/c23-13-12-22(19-11-10-17-8-4-5-9-18(17)19)14-20(24)21-25-15-16-6-2-1-3-7-16/h1-9,19,23H,10-15H2,(H,21,24). The molecule has 1 unspecified atom stereocenters. The van der Waals surface area contributed by atoms with Crippen molar-refractivity contribution in [2.75, 3.05) is 19.7 Å². The Morgan fingerprint density at radius 2 is 1.92 bits per heavy atom. The van der Waals surface area contributed by atoms with Crippen molar-refractivity contribution in [1.82, 2.24) is 10.4 Å². The van der Waals surface area contributed by atoms with Gasteiger partial charge in [-0.05, 0) is 29.5 Å². The highest BCUT2D eigenvalue weighted by atomic mass is 16.6. The minimum atomic E-state index is -0.200. The van der Waals surface area contributed by atoms with Gasteiger partial charge >= 0.3 is 0 Å². The summed E-state index contributed by atoms with van der Waals surface area (Å²) < 4.78 is 0. The van der Waals surface area contributed by atoms with Crippen molar-refractivity contribution in [1.29, 1.82) is 0 Å². The third kappa shape index (κ3) is 4.66. The van der Waals surface area contributed by atoms with Crippen molar-refractivity contribution < 1.29 is 14.7 Å². The molecule has 2 aromatic carbocycles. The van der Waals surface area contributed by atoms with Crippen LogP contribution in [0.4, 0.5) is 0 Å². The smallest absolute Gasteiger partial charge is 0.257 e. The number of aliphatic hydroxyl groups is 1. The van der Waals surface area contributed by atoms with Gasteiger partial charge in [-0.25, -0.2) is 5.48 Å². The van der Waals surface area contributed by atoms with Crippen LogP contribution in [-0.4, -0.2) is 35.6 Å². The molecule has 0 saturated carbocycles. The SMILES string of the molecule is O=C(CN(CCO)C1CCc2ccccc21)NOCc1ccccc1. The number of hydrogen-bond acceptors (Lipinski definition) is 4. The van der Waals surface area contributed by atoms with E-state index in [-0.39, 0.29) is 25.1 Å². The average molecular weight is 340 g/mol. The fraction of sp³-hybridized carbons (Fsp3) is 0.350. The van der Waals surface area contributed by atoms with Crippen LogP contribution < -0.4 is 5.48 Å². The molecule has 0 aromatic heterocycles. The van der Waals surface area contributed by atoms with Crippen molar-refractivity contribution in [2.24, 2.45) is 0 Å². The second-order valence-corrected chi connectivity index (χ2v) is 6.25. The van der Waals surface area contributed by atoms with Crippen LogP contribution in [0.1, 0.15) is 29.2 Å². The van der Waals surface area contributed by atoms with Crippen molar-refractivity contribution in [3.8, 4) is 0 Å². The number of carbonyl (C=O) groups excluding carboxylic acids is 1. The molecule has 5 heteroatoms. The third-order valence-electron chi connectivity index (χ3n) is 4.54. The van der Waals surface area contributed by atoms with E-state index >= 15 is 0 Å². The molecule has 2 aromatic rings. The number of hydroxylamine groups is 1. The molecule has 25 heavy (non-hydrogen) atoms. The fourth-order valence-electron chi connectivity index (χ4n) is 3.38. The number of aliphatic hydroxyl groups excluding tert-OH is 1. The molecule has 1 atom stereocenters. The van der Waals surface area contributed by atoms with Crippen LogP contribution in [0.2, 0.25) is 0 Å². The van der Waals surface area contributed by atoms with Gasteiger partial charge in [0, 0.05) is 12.6 Å². The van der Waals surface area contributed by atoms with Gasteiger partial charge in [-0.15, -0.1) is 0 Å². The zero-order valence-corrected chi connectivity index (χ0v) is 14.2. The number of benzene rings is 2. The molecule has 5 nitrogen and oxygen atoms in total. The molecule has 0 saturated heterocycles. The van der Waals surface area contributed by atoms with E-state index < -0.39 is 0 Å². The van der Waals surface area contributed by atoms with Gasteiger partial charge in [-0.3, -0.25) is 14.5 Å². The Bertz CT molecular complexity index is 690. The van der Waals surface area contributed by atoms with Crippen molar-refractivity contribution in [2.45, 2.75) is 25.5 Å². The Hall–Kier alpha value is -2.21. The molecular weight excluding hydrogens is 316 g/mol. The predicted molar refractivity (Wildman–Crippen MR) is 95.5 cm³/mol. The highest BCUT2D eigenvalue weighted by molar-refractivity contribution is 5.77. The summed E-state index contributed by atoms with van der Waals surface area (Å²) in [6.07, 6.45) is 1.98. The number of aryl methyl sites for hydroxylation is 1. The van der Waals surface area contributed by atoms with E-state index in [0.717, 1.165) is 18.4 Å². The van der Waals surface area contributed by atoms with Crippen LogP contribution in [0.15, 0.2) is 54.6 Å². The van der Waals surface area contributed by atoms with Crippen molar-refractivity contribution >= 4 is 5.91 Å². The van der Waals surface area contributed by atoms with Crippen LogP contribution in [0.3, 0.4) is 0 Å². The van der Waals surface area contributed by atoms with Crippen LogP contribution in [0.25, 0.3) is 0 Å². The lowest BCUT2D eigenvalue weighted by Gasteiger charge is -2.28. The van der Waals surface area contributed by atoms with Crippen molar-refractivity contribution in [3.63, 3.8) is 0 Å². The van der Waals surface area contributed by atoms with Gasteiger partial charge in [0.05, 0.1) is 19.8 Å². The Labute approximate surface area is 148 Å². The first-order valence-electron chi connectivity index (χ1n) is 8.65. The van der Waals surface area contributed by atoms with Gasteiger partial charge in [0.25, 0.3) is 5.91 Å². The maximum absolute atomic E-state index is 12.2. The number of nitrogens with zero attached hydrogens (tertiary/aromatic N) is 1. The molecule has 0 bridgehead atoms. The lowest BCUT2D eigenvalue weighted by atomic mass is 10.1. The Morgan fingerprint density at radius 3 is 2.72 bits per heavy atom. The molecule has 1 amide bonds. The third-order valence-corrected chi connectivity index (χ3v) is 4.54. The lowest BCUT2D eigenvalue weighted by molar-refractivity contribution is -0.136. The van der Waals surface area contributed by atoms with Crippen LogP contribution in [-0.2, 0) is 22.7 Å². The van der Waals surface area contributed by atoms with E-state index in [9.17, 15) is 9.90 Å². The first-order chi connectivity index (χ1) is 12.3. The molecule has 1 aliphatic carbocycles. The number of fused-ring (bicyclic) bond motifs is 1. The van der Waals surface area contributed by atoms with Crippen LogP contribution >= 0.6 is 0 Å². The van der Waals surface area contributed by atoms with E-state index in [1.165, 1.54) is 11.1 Å². The van der Waals surface area contributed by atoms with Gasteiger partial charge in [-0.2, -0.15) is 0 Å². The van der Waals surface area contributed by atoms with Crippen LogP contribution in [0, 0.1) is 0 Å². The summed E-state index contributed by atoms with van der Waals surface area (Å²) in [5.74, 6) is -0.200. The van der Waals surface area contributed by atoms with E-state index in [1.807, 2.05) is 47.4 Å². The molecule has 3 rings (SSSR count). The molecule has 0 heterocycles. The average Bonchev–Trinajstić information content (AvgIpc) is 3.06. The number of rotatable bonds is 8. The first-order valence-corrected chi connectivity index (χ1v) is 8.65. The zero-order valence-electron chi connectivity index (χ0n) is 14.2. The Balaban J connectivity index is 1.54. The van der Waals surface area contributed by atoms with E-state index in [1.54, 1.807) is 0 Å². The Morgan fingerprint density at radius 1 is 1.16 bits per heavy atom. The van der Waals surface area contributed by atoms with Gasteiger partial charge in [0.1, 0.15) is 0 Å². The summed E-state index contributed by atoms with van der Waals surface area (Å²) in [5.41, 5.74) is 6.09. The minimum absolute atomic E-state index is 0.0246. The summed E-state index contributed by atoms with van der Waals surface area (Å²) in [5, 5.41) is 9.38. The maximum Gasteiger partial charge on any atom is 0.257 e. The highest BCUT2D eigenvalue weighted by Crippen LogP contribution is 2.35. The van der Waals surface area contributed by atoms with Gasteiger partial charge in [0.2, 0.25) is 0 Å². The van der Waals surface area contributed by atoms with E-state index in [4.69, 9.17) is 4.84 Å². The van der Waals surface area contributed by atoms with Gasteiger partial charge in [0.15, 0.2) is 0 Å². The highest BCUT2D eigenvalue weighted by Gasteiger charge is 2.28. The Kier molecular flexibility index (Phi) is 6.17. The molecule has 0 fully saturated rings. The van der Waals surface area contributed by atoms with Crippen LogP contribution in [0.5, 0.6) is 0 Å². The summed E-state index contributed by atoms with van der Waals surface area (Å²) in [6, 6.07) is 18.2. The molecule has 0 radical (unpaired) electrons. The quantitative estimate of drug-likeness (QED) is 0.724. The van der Waals surface area contributed by atoms with Gasteiger partial charge in [-0.1, -0.05) is 54.6 Å². The fourth-order valence-corrected chi connectivity index (χ4v) is 3.38. The topological polar surface area (TPSA) is 61.8 Å². The minimum Gasteiger partial charge on any atom is -0.395 e. The molecule has 132 valence electrons. The number of carbonyl (C=O) groups is 1. The van der Waals surface area contributed by atoms with E-state index in [2.05, 4.69) is 17.6 Å². The summed E-state index contributed by atoms with van der Waals surface area (Å²) >= 11 is 0. The molecular formula is C20H24N2O3. The summed E-state index contributed by atoms with van der Waals surface area (Å²) in [7, 11) is 0. The number of amides is 1. The van der Waals surface area contributed by atoms with Crippen molar-refractivity contribution in [3.05, 3.63) is 71.3 Å². The lowest BCUT2D eigenvalue weighted by Crippen LogP contribution is -2.40. The molecule has 1 aliphatic rings. The largest absolute Gasteiger partial charge is 0.395 e. The first kappa shape index (κ1) is 17.6. The maximum atomic E-state index is 12.2.